The van der Waals surface area contributed by atoms with E-state index in [4.69, 9.17) is 10.8 Å². The van der Waals surface area contributed by atoms with Crippen LogP contribution in [-0.4, -0.2) is 34.8 Å². The molecule has 0 bridgehead atoms. The lowest BCUT2D eigenvalue weighted by Crippen LogP contribution is -2.26. The number of H-pyrrole nitrogens is 1. The predicted octanol–water partition coefficient (Wildman–Crippen LogP) is -0.441. The van der Waals surface area contributed by atoms with Crippen LogP contribution in [0.25, 0.3) is 0 Å². The van der Waals surface area contributed by atoms with Crippen molar-refractivity contribution in [2.24, 2.45) is 0 Å². The predicted molar refractivity (Wildman–Crippen MR) is 58.8 cm³/mol. The van der Waals surface area contributed by atoms with E-state index < -0.39 is 0 Å². The Morgan fingerprint density at radius 3 is 3.00 bits per heavy atom. The lowest BCUT2D eigenvalue weighted by molar-refractivity contribution is 0.187. The van der Waals surface area contributed by atoms with Crippen molar-refractivity contribution < 1.29 is 5.11 Å². The molecule has 0 radical (unpaired) electrons. The van der Waals surface area contributed by atoms with E-state index in [0.29, 0.717) is 18.8 Å². The minimum absolute atomic E-state index is 0.102. The number of aliphatic hydroxyl groups is 1. The van der Waals surface area contributed by atoms with Crippen LogP contribution >= 0.6 is 0 Å². The second-order valence-electron chi connectivity index (χ2n) is 3.53. The molecule has 1 aromatic rings. The smallest absolute Gasteiger partial charge is 0.276 e. The van der Waals surface area contributed by atoms with Gasteiger partial charge in [-0.25, -0.2) is 4.98 Å². The van der Waals surface area contributed by atoms with Crippen LogP contribution < -0.4 is 16.2 Å². The molecule has 0 aliphatic rings. The fraction of sp³-hybridized carbons (Fsp3) is 0.556. The van der Waals surface area contributed by atoms with E-state index in [0.717, 1.165) is 0 Å². The van der Waals surface area contributed by atoms with Gasteiger partial charge in [0.05, 0.1) is 12.4 Å². The van der Waals surface area contributed by atoms with Crippen molar-refractivity contribution in [3.8, 4) is 0 Å². The van der Waals surface area contributed by atoms with Crippen molar-refractivity contribution in [2.75, 3.05) is 24.2 Å². The molecule has 0 saturated carbocycles. The number of nitrogens with one attached hydrogen (secondary N) is 1. The molecule has 1 heterocycles. The third-order valence-electron chi connectivity index (χ3n) is 2.11. The highest BCUT2D eigenvalue weighted by molar-refractivity contribution is 5.60. The lowest BCUT2D eigenvalue weighted by atomic mass is 10.3. The zero-order valence-electron chi connectivity index (χ0n) is 8.90. The van der Waals surface area contributed by atoms with Crippen molar-refractivity contribution >= 4 is 11.5 Å². The van der Waals surface area contributed by atoms with Crippen LogP contribution in [0, 0.1) is 0 Å². The SMILES string of the molecule is CC(O)CCN(C)c1nc[nH]c(=O)c1N. The average Bonchev–Trinajstić information content (AvgIpc) is 2.18. The van der Waals surface area contributed by atoms with Gasteiger partial charge in [0.15, 0.2) is 5.82 Å². The Hall–Kier alpha value is -1.56. The fourth-order valence-electron chi connectivity index (χ4n) is 1.19. The van der Waals surface area contributed by atoms with E-state index in [1.165, 1.54) is 6.33 Å². The lowest BCUT2D eigenvalue weighted by Gasteiger charge is -2.19. The molecule has 0 fully saturated rings. The number of nitrogen functional groups attached to an aromatic ring is 1. The van der Waals surface area contributed by atoms with Gasteiger partial charge in [0, 0.05) is 13.6 Å². The summed E-state index contributed by atoms with van der Waals surface area (Å²) < 4.78 is 0. The van der Waals surface area contributed by atoms with Crippen molar-refractivity contribution in [1.82, 2.24) is 9.97 Å². The van der Waals surface area contributed by atoms with Crippen LogP contribution in [0.1, 0.15) is 13.3 Å². The second kappa shape index (κ2) is 4.79. The normalized spacial score (nSPS) is 12.5. The molecule has 0 saturated heterocycles. The van der Waals surface area contributed by atoms with Gasteiger partial charge in [-0.15, -0.1) is 0 Å². The van der Waals surface area contributed by atoms with E-state index in [1.54, 1.807) is 18.9 Å². The van der Waals surface area contributed by atoms with Gasteiger partial charge in [-0.2, -0.15) is 0 Å². The maximum absolute atomic E-state index is 11.2. The van der Waals surface area contributed by atoms with Gasteiger partial charge in [-0.1, -0.05) is 0 Å². The maximum Gasteiger partial charge on any atom is 0.276 e. The Kier molecular flexibility index (Phi) is 3.68. The number of rotatable bonds is 4. The summed E-state index contributed by atoms with van der Waals surface area (Å²) >= 11 is 0. The minimum atomic E-state index is -0.379. The molecule has 0 amide bonds. The Morgan fingerprint density at radius 1 is 1.73 bits per heavy atom. The topological polar surface area (TPSA) is 95.2 Å². The monoisotopic (exact) mass is 212 g/mol. The summed E-state index contributed by atoms with van der Waals surface area (Å²) in [7, 11) is 1.78. The Morgan fingerprint density at radius 2 is 2.40 bits per heavy atom. The van der Waals surface area contributed by atoms with Gasteiger partial charge in [0.2, 0.25) is 0 Å². The molecular formula is C9H16N4O2. The molecule has 15 heavy (non-hydrogen) atoms. The van der Waals surface area contributed by atoms with E-state index in [2.05, 4.69) is 9.97 Å². The van der Waals surface area contributed by atoms with E-state index in [-0.39, 0.29) is 17.4 Å². The molecule has 6 heteroatoms. The number of nitrogens with two attached hydrogens (primary N) is 1. The first-order valence-electron chi connectivity index (χ1n) is 4.74. The molecule has 0 aliphatic heterocycles. The average molecular weight is 212 g/mol. The Bertz CT molecular complexity index is 375. The van der Waals surface area contributed by atoms with Gasteiger partial charge in [0.25, 0.3) is 5.56 Å². The minimum Gasteiger partial charge on any atom is -0.393 e. The van der Waals surface area contributed by atoms with E-state index in [9.17, 15) is 4.79 Å². The molecule has 0 spiro atoms. The quantitative estimate of drug-likeness (QED) is 0.629. The summed E-state index contributed by atoms with van der Waals surface area (Å²) in [5.74, 6) is 0.444. The standard InChI is InChI=1S/C9H16N4O2/c1-6(14)3-4-13(2)8-7(10)9(15)12-5-11-8/h5-6,14H,3-4,10H2,1-2H3,(H,11,12,15). The molecular weight excluding hydrogens is 196 g/mol. The summed E-state index contributed by atoms with van der Waals surface area (Å²) in [5, 5.41) is 9.13. The fourth-order valence-corrected chi connectivity index (χ4v) is 1.19. The summed E-state index contributed by atoms with van der Waals surface area (Å²) in [6, 6.07) is 0. The second-order valence-corrected chi connectivity index (χ2v) is 3.53. The van der Waals surface area contributed by atoms with Gasteiger partial charge in [-0.3, -0.25) is 4.79 Å². The number of aromatic nitrogens is 2. The number of hydrogen-bond acceptors (Lipinski definition) is 5. The first kappa shape index (κ1) is 11.5. The molecule has 1 atom stereocenters. The van der Waals surface area contributed by atoms with Crippen LogP contribution in [0.4, 0.5) is 11.5 Å². The molecule has 1 unspecified atom stereocenters. The van der Waals surface area contributed by atoms with Crippen molar-refractivity contribution in [2.45, 2.75) is 19.4 Å². The van der Waals surface area contributed by atoms with Gasteiger partial charge >= 0.3 is 0 Å². The molecule has 1 aromatic heterocycles. The number of hydrogen-bond donors (Lipinski definition) is 3. The highest BCUT2D eigenvalue weighted by Gasteiger charge is 2.09. The first-order chi connectivity index (χ1) is 7.02. The van der Waals surface area contributed by atoms with Gasteiger partial charge in [-0.05, 0) is 13.3 Å². The molecule has 1 rings (SSSR count). The number of anilines is 2. The zero-order valence-corrected chi connectivity index (χ0v) is 8.90. The van der Waals surface area contributed by atoms with E-state index in [1.807, 2.05) is 0 Å². The highest BCUT2D eigenvalue weighted by atomic mass is 16.3. The third-order valence-corrected chi connectivity index (χ3v) is 2.11. The van der Waals surface area contributed by atoms with Crippen molar-refractivity contribution in [3.05, 3.63) is 16.7 Å². The third kappa shape index (κ3) is 2.95. The Labute approximate surface area is 87.8 Å². The van der Waals surface area contributed by atoms with Gasteiger partial charge < -0.3 is 20.7 Å². The van der Waals surface area contributed by atoms with Crippen molar-refractivity contribution in [3.63, 3.8) is 0 Å². The maximum atomic E-state index is 11.2. The first-order valence-corrected chi connectivity index (χ1v) is 4.74. The molecule has 0 aliphatic carbocycles. The van der Waals surface area contributed by atoms with Crippen molar-refractivity contribution in [1.29, 1.82) is 0 Å². The summed E-state index contributed by atoms with van der Waals surface area (Å²) in [4.78, 5) is 19.3. The zero-order chi connectivity index (χ0) is 11.4. The number of aliphatic hydroxyl groups excluding tert-OH is 1. The number of nitrogens with zero attached hydrogens (tertiary/aromatic N) is 2. The summed E-state index contributed by atoms with van der Waals surface area (Å²) in [6.45, 7) is 2.31. The van der Waals surface area contributed by atoms with E-state index >= 15 is 0 Å². The van der Waals surface area contributed by atoms with Crippen LogP contribution in [0.5, 0.6) is 0 Å². The molecule has 4 N–H and O–H groups in total. The largest absolute Gasteiger partial charge is 0.393 e. The summed E-state index contributed by atoms with van der Waals surface area (Å²) in [5.41, 5.74) is 5.34. The van der Waals surface area contributed by atoms with Crippen LogP contribution in [0.15, 0.2) is 11.1 Å². The van der Waals surface area contributed by atoms with Crippen LogP contribution in [0.3, 0.4) is 0 Å². The van der Waals surface area contributed by atoms with Crippen LogP contribution in [-0.2, 0) is 0 Å². The van der Waals surface area contributed by atoms with Gasteiger partial charge in [0.1, 0.15) is 5.69 Å². The molecule has 6 nitrogen and oxygen atoms in total. The highest BCUT2D eigenvalue weighted by Crippen LogP contribution is 2.13. The molecule has 0 aromatic carbocycles. The van der Waals surface area contributed by atoms with Crippen LogP contribution in [0.2, 0.25) is 0 Å². The number of aromatic amines is 1. The summed E-state index contributed by atoms with van der Waals surface area (Å²) in [6.07, 6.45) is 1.53. The molecule has 84 valence electrons. The Balaban J connectivity index is 2.78.